The first kappa shape index (κ1) is 16.2. The van der Waals surface area contributed by atoms with Gasteiger partial charge in [0.05, 0.1) is 12.5 Å². The Morgan fingerprint density at radius 1 is 1.35 bits per heavy atom. The number of methoxy groups -OCH3 is 1. The van der Waals surface area contributed by atoms with Gasteiger partial charge >= 0.3 is 18.0 Å². The number of ether oxygens (including phenoxy) is 2. The van der Waals surface area contributed by atoms with Crippen LogP contribution in [0.2, 0.25) is 0 Å². The third kappa shape index (κ3) is 4.09. The second-order valence-electron chi connectivity index (χ2n) is 4.79. The number of carboxylic acids is 1. The molecule has 1 fully saturated rings. The molecule has 20 heavy (non-hydrogen) atoms. The van der Waals surface area contributed by atoms with Crippen LogP contribution in [0.5, 0.6) is 0 Å². The molecule has 0 aromatic heterocycles. The topological polar surface area (TPSA) is 105 Å². The Hall–Kier alpha value is -1.83. The lowest BCUT2D eigenvalue weighted by Gasteiger charge is -2.33. The van der Waals surface area contributed by atoms with Gasteiger partial charge in [0, 0.05) is 26.8 Å². The highest BCUT2D eigenvalue weighted by Gasteiger charge is 2.40. The van der Waals surface area contributed by atoms with E-state index in [0.29, 0.717) is 26.1 Å². The third-order valence-electron chi connectivity index (χ3n) is 3.42. The number of amides is 2. The van der Waals surface area contributed by atoms with Crippen molar-refractivity contribution in [2.45, 2.75) is 12.8 Å². The van der Waals surface area contributed by atoms with Gasteiger partial charge in [0.2, 0.25) is 0 Å². The number of carbonyl (C=O) groups is 3. The van der Waals surface area contributed by atoms with Gasteiger partial charge in [0.15, 0.2) is 0 Å². The molecule has 0 bridgehead atoms. The van der Waals surface area contributed by atoms with E-state index in [1.54, 1.807) is 0 Å². The molecule has 2 N–H and O–H groups in total. The Morgan fingerprint density at radius 3 is 2.45 bits per heavy atom. The zero-order valence-electron chi connectivity index (χ0n) is 11.7. The van der Waals surface area contributed by atoms with Crippen molar-refractivity contribution in [1.82, 2.24) is 10.2 Å². The minimum atomic E-state index is -1.000. The second-order valence-corrected chi connectivity index (χ2v) is 4.79. The number of esters is 1. The summed E-state index contributed by atoms with van der Waals surface area (Å²) < 4.78 is 9.60. The van der Waals surface area contributed by atoms with E-state index in [2.05, 4.69) is 10.1 Å². The Labute approximate surface area is 117 Å². The van der Waals surface area contributed by atoms with E-state index in [1.807, 2.05) is 0 Å². The van der Waals surface area contributed by atoms with Gasteiger partial charge in [-0.15, -0.1) is 0 Å². The van der Waals surface area contributed by atoms with Crippen molar-refractivity contribution < 1.29 is 29.0 Å². The Bertz CT molecular complexity index is 378. The Morgan fingerprint density at radius 2 is 1.95 bits per heavy atom. The number of rotatable bonds is 5. The van der Waals surface area contributed by atoms with E-state index in [0.717, 1.165) is 4.90 Å². The zero-order chi connectivity index (χ0) is 15.2. The molecule has 0 aliphatic carbocycles. The monoisotopic (exact) mass is 288 g/mol. The van der Waals surface area contributed by atoms with Gasteiger partial charge in [-0.3, -0.25) is 9.59 Å². The molecular weight excluding hydrogens is 268 g/mol. The van der Waals surface area contributed by atoms with Gasteiger partial charge in [0.1, 0.15) is 6.54 Å². The van der Waals surface area contributed by atoms with Crippen LogP contribution in [0.4, 0.5) is 4.79 Å². The molecular formula is C12H20N2O6. The molecule has 2 amide bonds. The van der Waals surface area contributed by atoms with Crippen molar-refractivity contribution in [1.29, 1.82) is 0 Å². The number of likely N-dealkylation sites (N-methyl/N-ethyl adjacent to an activating group) is 1. The first-order chi connectivity index (χ1) is 9.41. The van der Waals surface area contributed by atoms with Crippen LogP contribution in [0.15, 0.2) is 0 Å². The fourth-order valence-electron chi connectivity index (χ4n) is 1.94. The van der Waals surface area contributed by atoms with Crippen molar-refractivity contribution >= 4 is 18.0 Å². The average molecular weight is 288 g/mol. The highest BCUT2D eigenvalue weighted by atomic mass is 16.5. The van der Waals surface area contributed by atoms with E-state index in [-0.39, 0.29) is 13.1 Å². The fourth-order valence-corrected chi connectivity index (χ4v) is 1.94. The molecule has 1 aliphatic heterocycles. The van der Waals surface area contributed by atoms with Crippen molar-refractivity contribution in [2.24, 2.45) is 5.41 Å². The maximum atomic E-state index is 11.8. The zero-order valence-corrected chi connectivity index (χ0v) is 11.7. The third-order valence-corrected chi connectivity index (χ3v) is 3.42. The number of urea groups is 1. The number of aliphatic carboxylic acids is 1. The van der Waals surface area contributed by atoms with Crippen LogP contribution in [-0.4, -0.2) is 68.4 Å². The van der Waals surface area contributed by atoms with Crippen LogP contribution in [0.3, 0.4) is 0 Å². The summed E-state index contributed by atoms with van der Waals surface area (Å²) in [5.41, 5.74) is -1.000. The number of nitrogens with one attached hydrogen (secondary N) is 1. The number of carbonyl (C=O) groups excluding carboxylic acids is 2. The maximum absolute atomic E-state index is 11.8. The predicted molar refractivity (Wildman–Crippen MR) is 68.2 cm³/mol. The second kappa shape index (κ2) is 7.09. The molecule has 1 rings (SSSR count). The molecule has 0 saturated carbocycles. The first-order valence-corrected chi connectivity index (χ1v) is 6.28. The van der Waals surface area contributed by atoms with Gasteiger partial charge in [-0.1, -0.05) is 0 Å². The number of hydrogen-bond donors (Lipinski definition) is 2. The highest BCUT2D eigenvalue weighted by molar-refractivity contribution is 5.81. The minimum Gasteiger partial charge on any atom is -0.481 e. The number of nitrogens with zero attached hydrogens (tertiary/aromatic N) is 1. The molecule has 0 aromatic carbocycles. The highest BCUT2D eigenvalue weighted by Crippen LogP contribution is 2.30. The summed E-state index contributed by atoms with van der Waals surface area (Å²) >= 11 is 0. The van der Waals surface area contributed by atoms with Crippen LogP contribution in [0.1, 0.15) is 12.8 Å². The molecule has 0 spiro atoms. The summed E-state index contributed by atoms with van der Waals surface area (Å²) in [4.78, 5) is 35.4. The van der Waals surface area contributed by atoms with Crippen molar-refractivity contribution in [3.05, 3.63) is 0 Å². The lowest BCUT2D eigenvalue weighted by Crippen LogP contribution is -2.49. The first-order valence-electron chi connectivity index (χ1n) is 6.28. The van der Waals surface area contributed by atoms with Crippen LogP contribution in [0, 0.1) is 5.41 Å². The van der Waals surface area contributed by atoms with E-state index in [9.17, 15) is 19.5 Å². The maximum Gasteiger partial charge on any atom is 0.325 e. The summed E-state index contributed by atoms with van der Waals surface area (Å²) in [6.07, 6.45) is 0.701. The molecule has 8 nitrogen and oxygen atoms in total. The van der Waals surface area contributed by atoms with Gasteiger partial charge < -0.3 is 24.8 Å². The minimum absolute atomic E-state index is 0.00996. The summed E-state index contributed by atoms with van der Waals surface area (Å²) in [5.74, 6) is -1.49. The largest absolute Gasteiger partial charge is 0.481 e. The molecule has 0 aromatic rings. The van der Waals surface area contributed by atoms with E-state index in [4.69, 9.17) is 4.74 Å². The van der Waals surface area contributed by atoms with E-state index in [1.165, 1.54) is 14.2 Å². The molecule has 0 atom stereocenters. The number of hydrogen-bond acceptors (Lipinski definition) is 5. The molecule has 1 heterocycles. The summed E-state index contributed by atoms with van der Waals surface area (Å²) in [6, 6.07) is -0.512. The van der Waals surface area contributed by atoms with Gasteiger partial charge in [-0.25, -0.2) is 4.79 Å². The van der Waals surface area contributed by atoms with Gasteiger partial charge in [-0.2, -0.15) is 0 Å². The molecule has 0 radical (unpaired) electrons. The standard InChI is InChI=1S/C12H20N2O6/c1-14(7-9(15)19-2)11(18)13-8-12(10(16)17)3-5-20-6-4-12/h3-8H2,1-2H3,(H,13,18)(H,16,17). The quantitative estimate of drug-likeness (QED) is 0.672. The number of carboxylic acid groups (broad SMARTS) is 1. The molecule has 1 saturated heterocycles. The summed E-state index contributed by atoms with van der Waals surface area (Å²) in [7, 11) is 2.67. The van der Waals surface area contributed by atoms with E-state index < -0.39 is 23.4 Å². The SMILES string of the molecule is COC(=O)CN(C)C(=O)NCC1(C(=O)O)CCOCC1. The lowest BCUT2D eigenvalue weighted by atomic mass is 9.80. The van der Waals surface area contributed by atoms with E-state index >= 15 is 0 Å². The summed E-state index contributed by atoms with van der Waals surface area (Å²) in [6.45, 7) is 0.544. The van der Waals surface area contributed by atoms with Crippen molar-refractivity contribution in [3.8, 4) is 0 Å². The lowest BCUT2D eigenvalue weighted by molar-refractivity contribution is -0.154. The average Bonchev–Trinajstić information content (AvgIpc) is 2.45. The normalized spacial score (nSPS) is 17.1. The van der Waals surface area contributed by atoms with Crippen LogP contribution < -0.4 is 5.32 Å². The predicted octanol–water partition coefficient (Wildman–Crippen LogP) is -0.318. The molecule has 8 heteroatoms. The van der Waals surface area contributed by atoms with Crippen molar-refractivity contribution in [3.63, 3.8) is 0 Å². The Balaban J connectivity index is 2.53. The molecule has 0 unspecified atom stereocenters. The Kier molecular flexibility index (Phi) is 5.75. The molecule has 114 valence electrons. The van der Waals surface area contributed by atoms with Gasteiger partial charge in [-0.05, 0) is 12.8 Å². The fraction of sp³-hybridized carbons (Fsp3) is 0.750. The van der Waals surface area contributed by atoms with Gasteiger partial charge in [0.25, 0.3) is 0 Å². The van der Waals surface area contributed by atoms with Crippen LogP contribution in [0.25, 0.3) is 0 Å². The van der Waals surface area contributed by atoms with Crippen LogP contribution >= 0.6 is 0 Å². The van der Waals surface area contributed by atoms with Crippen molar-refractivity contribution in [2.75, 3.05) is 40.5 Å². The van der Waals surface area contributed by atoms with Crippen LogP contribution in [-0.2, 0) is 19.1 Å². The molecule has 1 aliphatic rings. The smallest absolute Gasteiger partial charge is 0.325 e. The summed E-state index contributed by atoms with van der Waals surface area (Å²) in [5, 5.41) is 11.9.